The van der Waals surface area contributed by atoms with Crippen LogP contribution in [0.15, 0.2) is 28.7 Å². The van der Waals surface area contributed by atoms with Crippen LogP contribution in [0.3, 0.4) is 0 Å². The van der Waals surface area contributed by atoms with E-state index in [4.69, 9.17) is 0 Å². The van der Waals surface area contributed by atoms with E-state index in [1.807, 2.05) is 27.7 Å². The number of carbonyl (C=O) groups is 1. The average Bonchev–Trinajstić information content (AvgIpc) is 2.35. The number of ketones is 1. The summed E-state index contributed by atoms with van der Waals surface area (Å²) < 4.78 is 14.1. The van der Waals surface area contributed by atoms with Crippen LogP contribution in [-0.4, -0.2) is 5.78 Å². The summed E-state index contributed by atoms with van der Waals surface area (Å²) >= 11 is 3.23. The van der Waals surface area contributed by atoms with E-state index in [0.717, 1.165) is 22.3 Å². The van der Waals surface area contributed by atoms with Gasteiger partial charge in [-0.2, -0.15) is 0 Å². The van der Waals surface area contributed by atoms with Gasteiger partial charge in [0.25, 0.3) is 0 Å². The minimum atomic E-state index is -0.414. The molecule has 2 aromatic rings. The molecule has 0 unspecified atom stereocenters. The molecule has 0 amide bonds. The van der Waals surface area contributed by atoms with Crippen LogP contribution in [0.5, 0.6) is 0 Å². The number of carbonyl (C=O) groups excluding carboxylic acids is 1. The second-order valence-corrected chi connectivity index (χ2v) is 6.04. The number of hydrogen-bond donors (Lipinski definition) is 0. The van der Waals surface area contributed by atoms with Crippen LogP contribution in [0.1, 0.15) is 38.2 Å². The highest BCUT2D eigenvalue weighted by atomic mass is 79.9. The maximum Gasteiger partial charge on any atom is 0.193 e. The third-order valence-electron chi connectivity index (χ3n) is 3.72. The fourth-order valence-corrected chi connectivity index (χ4v) is 2.85. The van der Waals surface area contributed by atoms with Gasteiger partial charge in [-0.3, -0.25) is 4.79 Å². The first-order valence-corrected chi connectivity index (χ1v) is 7.18. The quantitative estimate of drug-likeness (QED) is 0.702. The lowest BCUT2D eigenvalue weighted by atomic mass is 9.89. The molecule has 0 saturated heterocycles. The molecule has 2 aromatic carbocycles. The zero-order valence-electron chi connectivity index (χ0n) is 12.0. The maximum atomic E-state index is 13.5. The number of rotatable bonds is 2. The molecule has 0 atom stereocenters. The zero-order valence-corrected chi connectivity index (χ0v) is 13.6. The molecule has 0 aliphatic heterocycles. The van der Waals surface area contributed by atoms with E-state index in [1.54, 1.807) is 6.07 Å². The van der Waals surface area contributed by atoms with Crippen molar-refractivity contribution in [3.63, 3.8) is 0 Å². The second-order valence-electron chi connectivity index (χ2n) is 5.12. The highest BCUT2D eigenvalue weighted by Gasteiger charge is 2.18. The van der Waals surface area contributed by atoms with Crippen molar-refractivity contribution >= 4 is 21.7 Å². The molecule has 0 N–H and O–H groups in total. The summed E-state index contributed by atoms with van der Waals surface area (Å²) in [4.78, 5) is 12.7. The Morgan fingerprint density at radius 2 is 1.50 bits per heavy atom. The predicted molar refractivity (Wildman–Crippen MR) is 82.9 cm³/mol. The molecule has 104 valence electrons. The summed E-state index contributed by atoms with van der Waals surface area (Å²) in [5, 5.41) is 0. The molecular formula is C17H16BrFO. The van der Waals surface area contributed by atoms with E-state index in [1.165, 1.54) is 12.1 Å². The van der Waals surface area contributed by atoms with Gasteiger partial charge in [-0.1, -0.05) is 22.0 Å². The zero-order chi connectivity index (χ0) is 15.0. The van der Waals surface area contributed by atoms with E-state index >= 15 is 0 Å². The first-order valence-electron chi connectivity index (χ1n) is 6.39. The molecule has 0 aliphatic rings. The van der Waals surface area contributed by atoms with Gasteiger partial charge in [0.05, 0.1) is 0 Å². The van der Waals surface area contributed by atoms with Crippen molar-refractivity contribution in [3.8, 4) is 0 Å². The van der Waals surface area contributed by atoms with Crippen LogP contribution in [-0.2, 0) is 0 Å². The standard InChI is InChI=1S/C17H16BrFO/c1-9-5-10(2)12(4)16(11(9)3)17(20)13-6-14(18)8-15(19)7-13/h5-8H,1-4H3. The lowest BCUT2D eigenvalue weighted by Crippen LogP contribution is -2.09. The third kappa shape index (κ3) is 2.68. The Labute approximate surface area is 127 Å². The minimum Gasteiger partial charge on any atom is -0.289 e. The predicted octanol–water partition coefficient (Wildman–Crippen LogP) is 5.05. The Morgan fingerprint density at radius 3 is 2.00 bits per heavy atom. The molecule has 0 spiro atoms. The highest BCUT2D eigenvalue weighted by molar-refractivity contribution is 9.10. The molecular weight excluding hydrogens is 319 g/mol. The molecule has 1 nitrogen and oxygen atoms in total. The van der Waals surface area contributed by atoms with E-state index in [2.05, 4.69) is 22.0 Å². The van der Waals surface area contributed by atoms with Gasteiger partial charge in [0, 0.05) is 15.6 Å². The molecule has 0 saturated carbocycles. The van der Waals surface area contributed by atoms with Crippen molar-refractivity contribution in [2.24, 2.45) is 0 Å². The van der Waals surface area contributed by atoms with Crippen LogP contribution in [0, 0.1) is 33.5 Å². The SMILES string of the molecule is Cc1cc(C)c(C)c(C(=O)c2cc(F)cc(Br)c2)c1C. The van der Waals surface area contributed by atoms with Crippen LogP contribution >= 0.6 is 15.9 Å². The van der Waals surface area contributed by atoms with Crippen molar-refractivity contribution < 1.29 is 9.18 Å². The number of benzene rings is 2. The first kappa shape index (κ1) is 14.9. The van der Waals surface area contributed by atoms with Crippen LogP contribution < -0.4 is 0 Å². The van der Waals surface area contributed by atoms with Gasteiger partial charge in [-0.05, 0) is 68.1 Å². The van der Waals surface area contributed by atoms with E-state index in [9.17, 15) is 9.18 Å². The lowest BCUT2D eigenvalue weighted by Gasteiger charge is -2.14. The van der Waals surface area contributed by atoms with Crippen molar-refractivity contribution in [1.82, 2.24) is 0 Å². The molecule has 0 aromatic heterocycles. The topological polar surface area (TPSA) is 17.1 Å². The summed E-state index contributed by atoms with van der Waals surface area (Å²) in [6, 6.07) is 6.35. The number of hydrogen-bond acceptors (Lipinski definition) is 1. The van der Waals surface area contributed by atoms with Crippen LogP contribution in [0.2, 0.25) is 0 Å². The van der Waals surface area contributed by atoms with Crippen molar-refractivity contribution in [1.29, 1.82) is 0 Å². The summed E-state index contributed by atoms with van der Waals surface area (Å²) in [5.74, 6) is -0.547. The van der Waals surface area contributed by atoms with Gasteiger partial charge in [0.1, 0.15) is 5.82 Å². The van der Waals surface area contributed by atoms with Crippen molar-refractivity contribution in [3.05, 3.63) is 67.9 Å². The van der Waals surface area contributed by atoms with Crippen molar-refractivity contribution in [2.45, 2.75) is 27.7 Å². The van der Waals surface area contributed by atoms with Crippen molar-refractivity contribution in [2.75, 3.05) is 0 Å². The summed E-state index contributed by atoms with van der Waals surface area (Å²) in [7, 11) is 0. The molecule has 0 aliphatic carbocycles. The highest BCUT2D eigenvalue weighted by Crippen LogP contribution is 2.25. The lowest BCUT2D eigenvalue weighted by molar-refractivity contribution is 0.103. The third-order valence-corrected chi connectivity index (χ3v) is 4.18. The average molecular weight is 335 g/mol. The Bertz CT molecular complexity index is 658. The Morgan fingerprint density at radius 1 is 0.950 bits per heavy atom. The minimum absolute atomic E-state index is 0.132. The van der Waals surface area contributed by atoms with Crippen LogP contribution in [0.4, 0.5) is 4.39 Å². The molecule has 0 radical (unpaired) electrons. The largest absolute Gasteiger partial charge is 0.289 e. The molecule has 0 fully saturated rings. The Kier molecular flexibility index (Phi) is 4.09. The van der Waals surface area contributed by atoms with E-state index in [-0.39, 0.29) is 5.78 Å². The molecule has 0 heterocycles. The fourth-order valence-electron chi connectivity index (χ4n) is 2.39. The van der Waals surface area contributed by atoms with Gasteiger partial charge in [-0.25, -0.2) is 4.39 Å². The van der Waals surface area contributed by atoms with E-state index < -0.39 is 5.82 Å². The molecule has 2 rings (SSSR count). The second kappa shape index (κ2) is 5.49. The monoisotopic (exact) mass is 334 g/mol. The number of aryl methyl sites for hydroxylation is 2. The maximum absolute atomic E-state index is 13.5. The van der Waals surface area contributed by atoms with E-state index in [0.29, 0.717) is 15.6 Å². The van der Waals surface area contributed by atoms with Gasteiger partial charge >= 0.3 is 0 Å². The Balaban J connectivity index is 2.65. The normalized spacial score (nSPS) is 10.7. The van der Waals surface area contributed by atoms with Gasteiger partial charge in [-0.15, -0.1) is 0 Å². The summed E-state index contributed by atoms with van der Waals surface area (Å²) in [6.45, 7) is 7.84. The first-order chi connectivity index (χ1) is 9.31. The van der Waals surface area contributed by atoms with Gasteiger partial charge < -0.3 is 0 Å². The Hall–Kier alpha value is -1.48. The molecule has 20 heavy (non-hydrogen) atoms. The fraction of sp³-hybridized carbons (Fsp3) is 0.235. The summed E-state index contributed by atoms with van der Waals surface area (Å²) in [6.07, 6.45) is 0. The smallest absolute Gasteiger partial charge is 0.193 e. The van der Waals surface area contributed by atoms with Gasteiger partial charge in [0.15, 0.2) is 5.78 Å². The van der Waals surface area contributed by atoms with Crippen LogP contribution in [0.25, 0.3) is 0 Å². The molecule has 0 bridgehead atoms. The van der Waals surface area contributed by atoms with Gasteiger partial charge in [0.2, 0.25) is 0 Å². The summed E-state index contributed by atoms with van der Waals surface area (Å²) in [5.41, 5.74) is 5.11. The number of halogens is 2. The molecule has 3 heteroatoms.